The first-order valence-corrected chi connectivity index (χ1v) is 7.76. The molecule has 0 aliphatic rings. The number of nitrogens with one attached hydrogen (secondary N) is 1. The van der Waals surface area contributed by atoms with Gasteiger partial charge in [-0.2, -0.15) is 0 Å². The number of benzene rings is 2. The van der Waals surface area contributed by atoms with Crippen LogP contribution in [-0.2, 0) is 17.9 Å². The first-order chi connectivity index (χ1) is 11.0. The van der Waals surface area contributed by atoms with Gasteiger partial charge in [0, 0.05) is 32.2 Å². The van der Waals surface area contributed by atoms with Gasteiger partial charge in [0.1, 0.15) is 0 Å². The molecule has 0 saturated heterocycles. The van der Waals surface area contributed by atoms with Crippen LogP contribution >= 0.6 is 0 Å². The van der Waals surface area contributed by atoms with Crippen molar-refractivity contribution >= 4 is 11.6 Å². The van der Waals surface area contributed by atoms with Crippen LogP contribution in [0.4, 0.5) is 5.69 Å². The third-order valence-corrected chi connectivity index (χ3v) is 3.90. The molecule has 0 aliphatic carbocycles. The lowest BCUT2D eigenvalue weighted by molar-refractivity contribution is -0.128. The van der Waals surface area contributed by atoms with Crippen molar-refractivity contribution < 1.29 is 9.90 Å². The zero-order valence-corrected chi connectivity index (χ0v) is 13.9. The molecule has 0 bridgehead atoms. The van der Waals surface area contributed by atoms with E-state index in [1.807, 2.05) is 42.5 Å². The largest absolute Gasteiger partial charge is 0.392 e. The number of rotatable bonds is 6. The van der Waals surface area contributed by atoms with Crippen LogP contribution in [-0.4, -0.2) is 23.0 Å². The summed E-state index contributed by atoms with van der Waals surface area (Å²) in [6, 6.07) is 16.1. The van der Waals surface area contributed by atoms with Crippen molar-refractivity contribution in [3.8, 4) is 0 Å². The molecule has 0 aromatic heterocycles. The van der Waals surface area contributed by atoms with Crippen molar-refractivity contribution in [1.29, 1.82) is 0 Å². The lowest BCUT2D eigenvalue weighted by atomic mass is 10.0. The highest BCUT2D eigenvalue weighted by Crippen LogP contribution is 2.21. The summed E-state index contributed by atoms with van der Waals surface area (Å²) in [7, 11) is 1.80. The Morgan fingerprint density at radius 3 is 2.57 bits per heavy atom. The molecule has 0 radical (unpaired) electrons. The summed E-state index contributed by atoms with van der Waals surface area (Å²) in [5.74, 6) is 0.0533. The van der Waals surface area contributed by atoms with Crippen LogP contribution in [0, 0.1) is 0 Å². The molecule has 0 aliphatic heterocycles. The third kappa shape index (κ3) is 4.83. The fourth-order valence-corrected chi connectivity index (χ4v) is 2.44. The number of aliphatic hydroxyl groups is 1. The quantitative estimate of drug-likeness (QED) is 0.860. The van der Waals surface area contributed by atoms with Gasteiger partial charge in [-0.1, -0.05) is 36.4 Å². The molecule has 1 atom stereocenters. The highest BCUT2D eigenvalue weighted by molar-refractivity contribution is 5.72. The Hall–Kier alpha value is -2.33. The standard InChI is InChI=1S/C19H24N2O2/c1-14(18-8-4-7-17(10-18)13-22)20-19-9-5-6-16(11-19)12-21(3)15(2)23/h4-11,14,20,22H,12-13H2,1-3H3. The predicted molar refractivity (Wildman–Crippen MR) is 93.0 cm³/mol. The van der Waals surface area contributed by atoms with Gasteiger partial charge in [-0.25, -0.2) is 0 Å². The number of carbonyl (C=O) groups excluding carboxylic acids is 1. The second kappa shape index (κ2) is 7.79. The van der Waals surface area contributed by atoms with Crippen LogP contribution in [0.1, 0.15) is 36.6 Å². The highest BCUT2D eigenvalue weighted by Gasteiger charge is 2.08. The molecule has 2 N–H and O–H groups in total. The van der Waals surface area contributed by atoms with Crippen LogP contribution in [0.25, 0.3) is 0 Å². The summed E-state index contributed by atoms with van der Waals surface area (Å²) in [5, 5.41) is 12.7. The number of hydrogen-bond donors (Lipinski definition) is 2. The van der Waals surface area contributed by atoms with Crippen molar-refractivity contribution in [3.63, 3.8) is 0 Å². The number of aliphatic hydroxyl groups excluding tert-OH is 1. The first kappa shape index (κ1) is 17.0. The summed E-state index contributed by atoms with van der Waals surface area (Å²) in [6.07, 6.45) is 0. The molecule has 4 heteroatoms. The Kier molecular flexibility index (Phi) is 5.77. The number of hydrogen-bond acceptors (Lipinski definition) is 3. The van der Waals surface area contributed by atoms with Gasteiger partial charge in [-0.3, -0.25) is 4.79 Å². The van der Waals surface area contributed by atoms with Crippen LogP contribution in [0.15, 0.2) is 48.5 Å². The van der Waals surface area contributed by atoms with E-state index < -0.39 is 0 Å². The Balaban J connectivity index is 2.08. The van der Waals surface area contributed by atoms with E-state index in [4.69, 9.17) is 0 Å². The zero-order valence-electron chi connectivity index (χ0n) is 13.9. The Morgan fingerprint density at radius 1 is 1.17 bits per heavy atom. The van der Waals surface area contributed by atoms with Crippen LogP contribution in [0.2, 0.25) is 0 Å². The maximum absolute atomic E-state index is 11.3. The fraction of sp³-hybridized carbons (Fsp3) is 0.316. The summed E-state index contributed by atoms with van der Waals surface area (Å²) in [5.41, 5.74) is 4.14. The summed E-state index contributed by atoms with van der Waals surface area (Å²) >= 11 is 0. The topological polar surface area (TPSA) is 52.6 Å². The van der Waals surface area contributed by atoms with E-state index in [1.165, 1.54) is 0 Å². The third-order valence-electron chi connectivity index (χ3n) is 3.90. The SMILES string of the molecule is CC(=O)N(C)Cc1cccc(NC(C)c2cccc(CO)c2)c1. The maximum Gasteiger partial charge on any atom is 0.219 e. The van der Waals surface area contributed by atoms with Crippen molar-refractivity contribution in [2.45, 2.75) is 33.0 Å². The molecule has 4 nitrogen and oxygen atoms in total. The van der Waals surface area contributed by atoms with Gasteiger partial charge in [0.25, 0.3) is 0 Å². The van der Waals surface area contributed by atoms with E-state index in [0.29, 0.717) is 6.54 Å². The molecular weight excluding hydrogens is 288 g/mol. The molecule has 0 heterocycles. The summed E-state index contributed by atoms with van der Waals surface area (Å²) in [4.78, 5) is 13.0. The smallest absolute Gasteiger partial charge is 0.219 e. The Bertz CT molecular complexity index is 670. The first-order valence-electron chi connectivity index (χ1n) is 7.76. The number of nitrogens with zero attached hydrogens (tertiary/aromatic N) is 1. The summed E-state index contributed by atoms with van der Waals surface area (Å²) < 4.78 is 0. The average Bonchev–Trinajstić information content (AvgIpc) is 2.55. The van der Waals surface area contributed by atoms with Gasteiger partial charge in [-0.15, -0.1) is 0 Å². The molecule has 122 valence electrons. The van der Waals surface area contributed by atoms with Gasteiger partial charge in [-0.05, 0) is 35.7 Å². The predicted octanol–water partition coefficient (Wildman–Crippen LogP) is 3.33. The van der Waals surface area contributed by atoms with E-state index in [9.17, 15) is 9.90 Å². The molecule has 0 saturated carbocycles. The van der Waals surface area contributed by atoms with E-state index in [-0.39, 0.29) is 18.6 Å². The minimum absolute atomic E-state index is 0.0490. The average molecular weight is 312 g/mol. The van der Waals surface area contributed by atoms with Crippen LogP contribution < -0.4 is 5.32 Å². The van der Waals surface area contributed by atoms with E-state index in [0.717, 1.165) is 22.4 Å². The van der Waals surface area contributed by atoms with Gasteiger partial charge >= 0.3 is 0 Å². The minimum Gasteiger partial charge on any atom is -0.392 e. The number of anilines is 1. The van der Waals surface area contributed by atoms with E-state index in [2.05, 4.69) is 18.3 Å². The maximum atomic E-state index is 11.3. The molecule has 0 spiro atoms. The van der Waals surface area contributed by atoms with Gasteiger partial charge < -0.3 is 15.3 Å². The Morgan fingerprint density at radius 2 is 1.87 bits per heavy atom. The van der Waals surface area contributed by atoms with Crippen LogP contribution in [0.3, 0.4) is 0 Å². The molecule has 1 unspecified atom stereocenters. The second-order valence-electron chi connectivity index (χ2n) is 5.84. The second-order valence-corrected chi connectivity index (χ2v) is 5.84. The molecule has 2 aromatic carbocycles. The van der Waals surface area contributed by atoms with Crippen molar-refractivity contribution in [1.82, 2.24) is 4.90 Å². The molecule has 2 aromatic rings. The van der Waals surface area contributed by atoms with Gasteiger partial charge in [0.2, 0.25) is 5.91 Å². The van der Waals surface area contributed by atoms with Crippen molar-refractivity contribution in [2.24, 2.45) is 0 Å². The zero-order chi connectivity index (χ0) is 16.8. The van der Waals surface area contributed by atoms with Gasteiger partial charge in [0.05, 0.1) is 6.61 Å². The highest BCUT2D eigenvalue weighted by atomic mass is 16.3. The Labute approximate surface area is 137 Å². The molecule has 0 fully saturated rings. The van der Waals surface area contributed by atoms with E-state index >= 15 is 0 Å². The monoisotopic (exact) mass is 312 g/mol. The lowest BCUT2D eigenvalue weighted by Gasteiger charge is -2.19. The molecular formula is C19H24N2O2. The molecule has 2 rings (SSSR count). The van der Waals surface area contributed by atoms with Crippen molar-refractivity contribution in [3.05, 3.63) is 65.2 Å². The molecule has 1 amide bonds. The summed E-state index contributed by atoms with van der Waals surface area (Å²) in [6.45, 7) is 4.30. The normalized spacial score (nSPS) is 11.8. The van der Waals surface area contributed by atoms with Gasteiger partial charge in [0.15, 0.2) is 0 Å². The van der Waals surface area contributed by atoms with Crippen molar-refractivity contribution in [2.75, 3.05) is 12.4 Å². The number of amides is 1. The fourth-order valence-electron chi connectivity index (χ4n) is 2.44. The molecule has 23 heavy (non-hydrogen) atoms. The minimum atomic E-state index is 0.0490. The lowest BCUT2D eigenvalue weighted by Crippen LogP contribution is -2.23. The van der Waals surface area contributed by atoms with E-state index in [1.54, 1.807) is 18.9 Å². The van der Waals surface area contributed by atoms with Crippen LogP contribution in [0.5, 0.6) is 0 Å². The number of carbonyl (C=O) groups is 1.